The molecule has 1 aromatic rings. The standard InChI is InChI=1S/C12H20N2O2S2/c1-10-4-3-5-12(8-10)17-9-11(14-13)6-7-18(2,15)16/h3-5,8,11,14H,6-7,9,13H2,1-2H3. The van der Waals surface area contributed by atoms with Gasteiger partial charge >= 0.3 is 0 Å². The maximum atomic E-state index is 11.1. The van der Waals surface area contributed by atoms with Crippen LogP contribution >= 0.6 is 11.8 Å². The molecule has 6 heteroatoms. The number of thioether (sulfide) groups is 1. The molecule has 18 heavy (non-hydrogen) atoms. The van der Waals surface area contributed by atoms with Gasteiger partial charge in [-0.1, -0.05) is 17.7 Å². The zero-order chi connectivity index (χ0) is 13.6. The van der Waals surface area contributed by atoms with Crippen molar-refractivity contribution in [3.8, 4) is 0 Å². The molecule has 0 fully saturated rings. The van der Waals surface area contributed by atoms with Gasteiger partial charge < -0.3 is 0 Å². The van der Waals surface area contributed by atoms with Gasteiger partial charge in [0.2, 0.25) is 0 Å². The Balaban J connectivity index is 2.44. The first kappa shape index (κ1) is 15.5. The summed E-state index contributed by atoms with van der Waals surface area (Å²) in [6.07, 6.45) is 1.78. The van der Waals surface area contributed by atoms with E-state index in [0.29, 0.717) is 6.42 Å². The topological polar surface area (TPSA) is 72.2 Å². The Hall–Kier alpha value is -0.560. The molecule has 0 aliphatic carbocycles. The minimum Gasteiger partial charge on any atom is -0.271 e. The van der Waals surface area contributed by atoms with Crippen LogP contribution in [0.3, 0.4) is 0 Å². The average molecular weight is 288 g/mol. The van der Waals surface area contributed by atoms with E-state index in [9.17, 15) is 8.42 Å². The summed E-state index contributed by atoms with van der Waals surface area (Å²) >= 11 is 1.68. The van der Waals surface area contributed by atoms with E-state index in [1.54, 1.807) is 11.8 Å². The van der Waals surface area contributed by atoms with Crippen LogP contribution < -0.4 is 11.3 Å². The second-order valence-corrected chi connectivity index (χ2v) is 7.76. The van der Waals surface area contributed by atoms with E-state index < -0.39 is 9.84 Å². The molecule has 0 heterocycles. The summed E-state index contributed by atoms with van der Waals surface area (Å²) < 4.78 is 22.2. The molecule has 1 atom stereocenters. The number of nitrogens with one attached hydrogen (secondary N) is 1. The lowest BCUT2D eigenvalue weighted by atomic mass is 10.2. The number of hydrogen-bond acceptors (Lipinski definition) is 5. The maximum absolute atomic E-state index is 11.1. The van der Waals surface area contributed by atoms with Gasteiger partial charge in [-0.05, 0) is 25.5 Å². The van der Waals surface area contributed by atoms with Gasteiger partial charge in [-0.3, -0.25) is 11.3 Å². The molecule has 3 N–H and O–H groups in total. The first-order valence-corrected chi connectivity index (χ1v) is 8.78. The summed E-state index contributed by atoms with van der Waals surface area (Å²) in [6.45, 7) is 2.05. The average Bonchev–Trinajstić information content (AvgIpc) is 2.28. The second kappa shape index (κ2) is 7.13. The van der Waals surface area contributed by atoms with Crippen LogP contribution in [0.2, 0.25) is 0 Å². The normalized spacial score (nSPS) is 13.5. The quantitative estimate of drug-likeness (QED) is 0.450. The van der Waals surface area contributed by atoms with Crippen molar-refractivity contribution in [1.82, 2.24) is 5.43 Å². The van der Waals surface area contributed by atoms with Crippen molar-refractivity contribution < 1.29 is 8.42 Å². The molecule has 1 unspecified atom stereocenters. The zero-order valence-corrected chi connectivity index (χ0v) is 12.4. The Bertz CT molecular complexity index is 475. The van der Waals surface area contributed by atoms with Crippen molar-refractivity contribution in [3.63, 3.8) is 0 Å². The zero-order valence-electron chi connectivity index (χ0n) is 10.7. The molecule has 102 valence electrons. The molecule has 1 rings (SSSR count). The maximum Gasteiger partial charge on any atom is 0.147 e. The van der Waals surface area contributed by atoms with Crippen LogP contribution in [-0.4, -0.2) is 32.2 Å². The number of rotatable bonds is 7. The summed E-state index contributed by atoms with van der Waals surface area (Å²) in [5.41, 5.74) is 3.89. The van der Waals surface area contributed by atoms with Crippen molar-refractivity contribution in [2.45, 2.75) is 24.3 Å². The molecule has 0 bridgehead atoms. The molecule has 0 aliphatic rings. The van der Waals surface area contributed by atoms with E-state index in [2.05, 4.69) is 11.5 Å². The lowest BCUT2D eigenvalue weighted by Gasteiger charge is -2.14. The monoisotopic (exact) mass is 288 g/mol. The SMILES string of the molecule is Cc1cccc(SCC(CCS(C)(=O)=O)NN)c1. The van der Waals surface area contributed by atoms with Crippen LogP contribution in [0, 0.1) is 6.92 Å². The number of sulfone groups is 1. The third kappa shape index (κ3) is 6.39. The highest BCUT2D eigenvalue weighted by Crippen LogP contribution is 2.20. The largest absolute Gasteiger partial charge is 0.271 e. The Morgan fingerprint density at radius 1 is 1.44 bits per heavy atom. The van der Waals surface area contributed by atoms with Crippen molar-refractivity contribution >= 4 is 21.6 Å². The Morgan fingerprint density at radius 3 is 2.72 bits per heavy atom. The molecule has 0 amide bonds. The highest BCUT2D eigenvalue weighted by molar-refractivity contribution is 7.99. The van der Waals surface area contributed by atoms with Gasteiger partial charge in [0.05, 0.1) is 5.75 Å². The van der Waals surface area contributed by atoms with Crippen LogP contribution in [-0.2, 0) is 9.84 Å². The fourth-order valence-corrected chi connectivity index (χ4v) is 3.29. The van der Waals surface area contributed by atoms with Gasteiger partial charge in [-0.2, -0.15) is 0 Å². The third-order valence-electron chi connectivity index (χ3n) is 2.51. The molecule has 0 aromatic heterocycles. The first-order chi connectivity index (χ1) is 8.40. The van der Waals surface area contributed by atoms with Crippen molar-refractivity contribution in [1.29, 1.82) is 0 Å². The predicted octanol–water partition coefficient (Wildman–Crippen LogP) is 1.35. The Kier molecular flexibility index (Phi) is 6.14. The van der Waals surface area contributed by atoms with Crippen LogP contribution in [0.25, 0.3) is 0 Å². The number of benzene rings is 1. The summed E-state index contributed by atoms with van der Waals surface area (Å²) in [4.78, 5) is 1.18. The minimum absolute atomic E-state index is 0.00485. The third-order valence-corrected chi connectivity index (χ3v) is 4.65. The Labute approximate surface area is 113 Å². The van der Waals surface area contributed by atoms with E-state index in [1.165, 1.54) is 16.7 Å². The van der Waals surface area contributed by atoms with Crippen molar-refractivity contribution in [2.24, 2.45) is 5.84 Å². The molecular formula is C12H20N2O2S2. The van der Waals surface area contributed by atoms with Gasteiger partial charge in [-0.15, -0.1) is 11.8 Å². The van der Waals surface area contributed by atoms with Crippen LogP contribution in [0.4, 0.5) is 0 Å². The van der Waals surface area contributed by atoms with E-state index in [1.807, 2.05) is 25.1 Å². The lowest BCUT2D eigenvalue weighted by molar-refractivity contribution is 0.550. The highest BCUT2D eigenvalue weighted by Gasteiger charge is 2.11. The van der Waals surface area contributed by atoms with Gasteiger partial charge in [0.1, 0.15) is 9.84 Å². The van der Waals surface area contributed by atoms with Crippen LogP contribution in [0.15, 0.2) is 29.2 Å². The van der Waals surface area contributed by atoms with Crippen molar-refractivity contribution in [3.05, 3.63) is 29.8 Å². The summed E-state index contributed by atoms with van der Waals surface area (Å²) in [7, 11) is -2.92. The molecule has 0 spiro atoms. The van der Waals surface area contributed by atoms with Gasteiger partial charge in [0.25, 0.3) is 0 Å². The molecule has 0 saturated heterocycles. The molecule has 1 aromatic carbocycles. The summed E-state index contributed by atoms with van der Waals surface area (Å²) in [5, 5.41) is 0. The van der Waals surface area contributed by atoms with Gasteiger partial charge in [0.15, 0.2) is 0 Å². The molecular weight excluding hydrogens is 268 g/mol. The highest BCUT2D eigenvalue weighted by atomic mass is 32.2. The summed E-state index contributed by atoms with van der Waals surface area (Å²) in [5.74, 6) is 6.36. The second-order valence-electron chi connectivity index (χ2n) is 4.41. The molecule has 0 radical (unpaired) electrons. The smallest absolute Gasteiger partial charge is 0.147 e. The van der Waals surface area contributed by atoms with Crippen LogP contribution in [0.1, 0.15) is 12.0 Å². The number of hydrogen-bond donors (Lipinski definition) is 2. The van der Waals surface area contributed by atoms with Gasteiger partial charge in [-0.25, -0.2) is 8.42 Å². The fraction of sp³-hybridized carbons (Fsp3) is 0.500. The van der Waals surface area contributed by atoms with Crippen LogP contribution in [0.5, 0.6) is 0 Å². The first-order valence-electron chi connectivity index (χ1n) is 5.74. The Morgan fingerprint density at radius 2 is 2.17 bits per heavy atom. The lowest BCUT2D eigenvalue weighted by Crippen LogP contribution is -2.38. The number of hydrazine groups is 1. The van der Waals surface area contributed by atoms with E-state index in [4.69, 9.17) is 5.84 Å². The minimum atomic E-state index is -2.92. The van der Waals surface area contributed by atoms with E-state index >= 15 is 0 Å². The molecule has 0 saturated carbocycles. The fourth-order valence-electron chi connectivity index (χ4n) is 1.47. The molecule has 4 nitrogen and oxygen atoms in total. The number of nitrogens with two attached hydrogens (primary N) is 1. The van der Waals surface area contributed by atoms with E-state index in [-0.39, 0.29) is 11.8 Å². The number of aryl methyl sites for hydroxylation is 1. The molecule has 0 aliphatic heterocycles. The predicted molar refractivity (Wildman–Crippen MR) is 77.3 cm³/mol. The van der Waals surface area contributed by atoms with Gasteiger partial charge in [0, 0.05) is 22.9 Å². The van der Waals surface area contributed by atoms with E-state index in [0.717, 1.165) is 5.75 Å². The summed E-state index contributed by atoms with van der Waals surface area (Å²) in [6, 6.07) is 8.22. The van der Waals surface area contributed by atoms with Crippen molar-refractivity contribution in [2.75, 3.05) is 17.8 Å².